The fraction of sp³-hybridized carbons (Fsp3) is 0.152. The van der Waals surface area contributed by atoms with Crippen molar-refractivity contribution in [3.8, 4) is 28.1 Å². The second-order valence-electron chi connectivity index (χ2n) is 9.99. The van der Waals surface area contributed by atoms with E-state index in [1.165, 1.54) is 5.69 Å². The molecule has 0 aliphatic carbocycles. The number of aromatic hydroxyl groups is 1. The molecule has 39 heavy (non-hydrogen) atoms. The summed E-state index contributed by atoms with van der Waals surface area (Å²) in [4.78, 5) is 24.5. The molecular formula is C33H30N4O2. The molecule has 0 unspecified atom stereocenters. The number of hydrogen-bond acceptors (Lipinski definition) is 5. The highest BCUT2D eigenvalue weighted by atomic mass is 16.3. The van der Waals surface area contributed by atoms with Gasteiger partial charge in [-0.1, -0.05) is 60.7 Å². The predicted molar refractivity (Wildman–Crippen MR) is 161 cm³/mol. The van der Waals surface area contributed by atoms with Crippen molar-refractivity contribution in [3.05, 3.63) is 113 Å². The Kier molecular flexibility index (Phi) is 6.69. The monoisotopic (exact) mass is 514 g/mol. The summed E-state index contributed by atoms with van der Waals surface area (Å²) in [5.41, 5.74) is 6.39. The van der Waals surface area contributed by atoms with E-state index in [-0.39, 0.29) is 11.4 Å². The van der Waals surface area contributed by atoms with Gasteiger partial charge in [0.05, 0.1) is 11.3 Å². The van der Waals surface area contributed by atoms with E-state index < -0.39 is 0 Å². The standard InChI is InChI=1S/C33H30N4O2/c1-36-17-19-37(20-18-36)28-14-12-27(13-15-28)34-22-31-30-21-26(11-16-29(30)32(38)35-33(31)39)25-9-7-24(8-10-25)23-5-3-2-4-6-23/h2-16,21-22H,17-20H2,1H3,(H2,35,38,39). The summed E-state index contributed by atoms with van der Waals surface area (Å²) < 4.78 is 0. The Labute approximate surface area is 227 Å². The third kappa shape index (κ3) is 5.19. The summed E-state index contributed by atoms with van der Waals surface area (Å²) in [7, 11) is 2.15. The summed E-state index contributed by atoms with van der Waals surface area (Å²) in [6.07, 6.45) is 1.63. The molecule has 0 atom stereocenters. The van der Waals surface area contributed by atoms with Crippen molar-refractivity contribution in [2.45, 2.75) is 0 Å². The van der Waals surface area contributed by atoms with E-state index in [9.17, 15) is 9.90 Å². The number of pyridine rings is 1. The minimum absolute atomic E-state index is 0.193. The van der Waals surface area contributed by atoms with Gasteiger partial charge in [-0.3, -0.25) is 14.8 Å². The largest absolute Gasteiger partial charge is 0.494 e. The first-order chi connectivity index (χ1) is 19.0. The van der Waals surface area contributed by atoms with Gasteiger partial charge in [-0.25, -0.2) is 0 Å². The molecule has 1 aliphatic heterocycles. The summed E-state index contributed by atoms with van der Waals surface area (Å²) in [6, 6.07) is 32.4. The molecule has 0 bridgehead atoms. The van der Waals surface area contributed by atoms with E-state index in [0.29, 0.717) is 16.3 Å². The summed E-state index contributed by atoms with van der Waals surface area (Å²) in [5.74, 6) is -0.193. The van der Waals surface area contributed by atoms with Gasteiger partial charge in [-0.15, -0.1) is 0 Å². The average molecular weight is 515 g/mol. The molecule has 0 spiro atoms. The van der Waals surface area contributed by atoms with Gasteiger partial charge in [0.2, 0.25) is 5.88 Å². The molecule has 1 saturated heterocycles. The van der Waals surface area contributed by atoms with E-state index in [0.717, 1.165) is 54.1 Å². The summed E-state index contributed by atoms with van der Waals surface area (Å²) in [6.45, 7) is 4.12. The number of aliphatic imine (C=N–C) groups is 1. The van der Waals surface area contributed by atoms with Crippen molar-refractivity contribution >= 4 is 28.4 Å². The van der Waals surface area contributed by atoms with Crippen molar-refractivity contribution in [1.82, 2.24) is 9.88 Å². The second kappa shape index (κ2) is 10.6. The number of benzene rings is 4. The van der Waals surface area contributed by atoms with Gasteiger partial charge in [-0.2, -0.15) is 0 Å². The maximum atomic E-state index is 12.6. The van der Waals surface area contributed by atoms with E-state index >= 15 is 0 Å². The van der Waals surface area contributed by atoms with Gasteiger partial charge < -0.3 is 14.9 Å². The average Bonchev–Trinajstić information content (AvgIpc) is 2.98. The molecule has 0 radical (unpaired) electrons. The Morgan fingerprint density at radius 1 is 0.744 bits per heavy atom. The maximum absolute atomic E-state index is 12.6. The Balaban J connectivity index is 1.30. The molecule has 4 aromatic carbocycles. The molecule has 6 rings (SSSR count). The number of fused-ring (bicyclic) bond motifs is 1. The van der Waals surface area contributed by atoms with Crippen molar-refractivity contribution in [3.63, 3.8) is 0 Å². The van der Waals surface area contributed by atoms with Crippen LogP contribution >= 0.6 is 0 Å². The number of rotatable bonds is 5. The molecule has 6 heteroatoms. The lowest BCUT2D eigenvalue weighted by molar-refractivity contribution is 0.313. The van der Waals surface area contributed by atoms with E-state index in [4.69, 9.17) is 0 Å². The van der Waals surface area contributed by atoms with Crippen LogP contribution in [0.4, 0.5) is 11.4 Å². The first kappa shape index (κ1) is 24.6. The number of nitrogens with one attached hydrogen (secondary N) is 1. The first-order valence-corrected chi connectivity index (χ1v) is 13.2. The number of nitrogens with zero attached hydrogens (tertiary/aromatic N) is 3. The second-order valence-corrected chi connectivity index (χ2v) is 9.99. The van der Waals surface area contributed by atoms with Crippen LogP contribution in [0.5, 0.6) is 5.88 Å². The van der Waals surface area contributed by atoms with Crippen LogP contribution in [-0.4, -0.2) is 54.4 Å². The third-order valence-corrected chi connectivity index (χ3v) is 7.43. The minimum atomic E-state index is -0.331. The van der Waals surface area contributed by atoms with Crippen LogP contribution in [0.15, 0.2) is 107 Å². The zero-order valence-electron chi connectivity index (χ0n) is 21.8. The normalized spacial score (nSPS) is 14.3. The molecule has 194 valence electrons. The van der Waals surface area contributed by atoms with Crippen LogP contribution in [0.25, 0.3) is 33.0 Å². The van der Waals surface area contributed by atoms with Crippen molar-refractivity contribution in [2.75, 3.05) is 38.1 Å². The van der Waals surface area contributed by atoms with Gasteiger partial charge >= 0.3 is 0 Å². The first-order valence-electron chi connectivity index (χ1n) is 13.2. The Bertz CT molecular complexity index is 1680. The van der Waals surface area contributed by atoms with E-state index in [2.05, 4.69) is 75.4 Å². The van der Waals surface area contributed by atoms with Crippen molar-refractivity contribution in [2.24, 2.45) is 4.99 Å². The number of anilines is 1. The van der Waals surface area contributed by atoms with Crippen LogP contribution in [-0.2, 0) is 0 Å². The zero-order valence-corrected chi connectivity index (χ0v) is 21.8. The summed E-state index contributed by atoms with van der Waals surface area (Å²) >= 11 is 0. The van der Waals surface area contributed by atoms with Crippen molar-refractivity contribution < 1.29 is 5.11 Å². The molecule has 1 fully saturated rings. The van der Waals surface area contributed by atoms with Crippen LogP contribution in [0.2, 0.25) is 0 Å². The van der Waals surface area contributed by atoms with Gasteiger partial charge in [-0.05, 0) is 65.7 Å². The predicted octanol–water partition coefficient (Wildman–Crippen LogP) is 6.07. The lowest BCUT2D eigenvalue weighted by Gasteiger charge is -2.34. The molecule has 0 amide bonds. The van der Waals surface area contributed by atoms with Gasteiger partial charge in [0.15, 0.2) is 0 Å². The van der Waals surface area contributed by atoms with Crippen LogP contribution in [0, 0.1) is 0 Å². The Morgan fingerprint density at radius 2 is 1.36 bits per heavy atom. The van der Waals surface area contributed by atoms with Crippen LogP contribution in [0.1, 0.15) is 5.56 Å². The fourth-order valence-corrected chi connectivity index (χ4v) is 5.08. The highest BCUT2D eigenvalue weighted by Crippen LogP contribution is 2.30. The fourth-order valence-electron chi connectivity index (χ4n) is 5.08. The number of piperazine rings is 1. The maximum Gasteiger partial charge on any atom is 0.258 e. The minimum Gasteiger partial charge on any atom is -0.494 e. The Morgan fingerprint density at radius 3 is 2.05 bits per heavy atom. The van der Waals surface area contributed by atoms with Crippen molar-refractivity contribution in [1.29, 1.82) is 0 Å². The molecule has 1 aromatic heterocycles. The SMILES string of the molecule is CN1CCN(c2ccc(N=Cc3c(O)[nH]c(=O)c4ccc(-c5ccc(-c6ccccc6)cc5)cc34)cc2)CC1. The molecule has 2 N–H and O–H groups in total. The lowest BCUT2D eigenvalue weighted by atomic mass is 9.97. The number of aromatic nitrogens is 1. The number of aromatic amines is 1. The van der Waals surface area contributed by atoms with Gasteiger partial charge in [0.25, 0.3) is 5.56 Å². The molecule has 2 heterocycles. The van der Waals surface area contributed by atoms with Gasteiger partial charge in [0, 0.05) is 48.9 Å². The molecule has 0 saturated carbocycles. The molecule has 1 aliphatic rings. The van der Waals surface area contributed by atoms with Gasteiger partial charge in [0.1, 0.15) is 0 Å². The number of likely N-dealkylation sites (N-methyl/N-ethyl adjacent to an activating group) is 1. The van der Waals surface area contributed by atoms with E-state index in [1.807, 2.05) is 42.5 Å². The smallest absolute Gasteiger partial charge is 0.258 e. The van der Waals surface area contributed by atoms with E-state index in [1.54, 1.807) is 12.3 Å². The quantitative estimate of drug-likeness (QED) is 0.279. The van der Waals surface area contributed by atoms with Crippen LogP contribution in [0.3, 0.4) is 0 Å². The summed E-state index contributed by atoms with van der Waals surface area (Å²) in [5, 5.41) is 11.8. The highest BCUT2D eigenvalue weighted by Gasteiger charge is 2.14. The highest BCUT2D eigenvalue weighted by molar-refractivity contribution is 6.03. The molecule has 6 nitrogen and oxygen atoms in total. The molecular weight excluding hydrogens is 484 g/mol. The lowest BCUT2D eigenvalue weighted by Crippen LogP contribution is -2.44. The third-order valence-electron chi connectivity index (χ3n) is 7.43. The Hall–Kier alpha value is -4.68. The van der Waals surface area contributed by atoms with Crippen LogP contribution < -0.4 is 10.5 Å². The number of H-pyrrole nitrogens is 1. The zero-order chi connectivity index (χ0) is 26.8. The topological polar surface area (TPSA) is 71.9 Å². The number of hydrogen-bond donors (Lipinski definition) is 2. The molecule has 5 aromatic rings.